The van der Waals surface area contributed by atoms with E-state index in [2.05, 4.69) is 31.2 Å². The second-order valence-electron chi connectivity index (χ2n) is 9.01. The third-order valence-electron chi connectivity index (χ3n) is 5.92. The third-order valence-corrected chi connectivity index (χ3v) is 7.98. The first kappa shape index (κ1) is 27.4. The van der Waals surface area contributed by atoms with Crippen LogP contribution in [-0.2, 0) is 16.0 Å². The number of aliphatic hydroxyl groups excluding tert-OH is 1. The zero-order valence-corrected chi connectivity index (χ0v) is 22.6. The van der Waals surface area contributed by atoms with Gasteiger partial charge in [-0.25, -0.2) is 9.97 Å². The van der Waals surface area contributed by atoms with E-state index in [1.807, 2.05) is 30.3 Å². The number of thiazole rings is 2. The number of aromatic nitrogens is 2. The number of carbonyl (C=O) groups excluding carboxylic acids is 4. The molecule has 0 aliphatic carbocycles. The number of nitrogens with zero attached hydrogens (tertiary/aromatic N) is 2. The average Bonchev–Trinajstić information content (AvgIpc) is 3.57. The van der Waals surface area contributed by atoms with Gasteiger partial charge in [-0.2, -0.15) is 0 Å². The van der Waals surface area contributed by atoms with Crippen LogP contribution in [0.25, 0.3) is 0 Å². The van der Waals surface area contributed by atoms with E-state index < -0.39 is 53.9 Å². The molecule has 5 atom stereocenters. The van der Waals surface area contributed by atoms with Gasteiger partial charge in [0.15, 0.2) is 0 Å². The smallest absolute Gasteiger partial charge is 0.271 e. The molecule has 0 spiro atoms. The summed E-state index contributed by atoms with van der Waals surface area (Å²) < 4.78 is 0. The summed E-state index contributed by atoms with van der Waals surface area (Å²) in [4.78, 5) is 61.0. The Morgan fingerprint density at radius 3 is 1.95 bits per heavy atom. The molecule has 3 heterocycles. The average molecular weight is 557 g/mol. The van der Waals surface area contributed by atoms with E-state index in [4.69, 9.17) is 0 Å². The predicted molar refractivity (Wildman–Crippen MR) is 142 cm³/mol. The summed E-state index contributed by atoms with van der Waals surface area (Å²) in [6.45, 7) is 4.82. The van der Waals surface area contributed by atoms with Crippen LogP contribution in [0, 0.1) is 0 Å². The molecule has 4 amide bonds. The highest BCUT2D eigenvalue weighted by Crippen LogP contribution is 2.21. The lowest BCUT2D eigenvalue weighted by Crippen LogP contribution is -2.57. The number of hydrogen-bond donors (Lipinski definition) is 5. The topological polar surface area (TPSA) is 162 Å². The van der Waals surface area contributed by atoms with Crippen molar-refractivity contribution in [1.82, 2.24) is 31.2 Å². The van der Waals surface area contributed by atoms with Crippen LogP contribution < -0.4 is 21.3 Å². The monoisotopic (exact) mass is 556 g/mol. The van der Waals surface area contributed by atoms with Crippen LogP contribution in [0.1, 0.15) is 69.4 Å². The summed E-state index contributed by atoms with van der Waals surface area (Å²) in [6.07, 6.45) is -1.08. The fourth-order valence-electron chi connectivity index (χ4n) is 3.83. The highest BCUT2D eigenvalue weighted by molar-refractivity contribution is 7.10. The van der Waals surface area contributed by atoms with Gasteiger partial charge in [-0.05, 0) is 26.3 Å². The van der Waals surface area contributed by atoms with Gasteiger partial charge in [0, 0.05) is 17.2 Å². The molecule has 1 aliphatic heterocycles. The molecule has 13 heteroatoms. The molecule has 0 unspecified atom stereocenters. The lowest BCUT2D eigenvalue weighted by Gasteiger charge is -2.25. The molecule has 38 heavy (non-hydrogen) atoms. The van der Waals surface area contributed by atoms with Crippen LogP contribution >= 0.6 is 22.7 Å². The van der Waals surface area contributed by atoms with Gasteiger partial charge in [-0.1, -0.05) is 30.3 Å². The quantitative estimate of drug-likeness (QED) is 0.326. The van der Waals surface area contributed by atoms with Gasteiger partial charge in [0.1, 0.15) is 33.5 Å². The van der Waals surface area contributed by atoms with Gasteiger partial charge in [-0.15, -0.1) is 22.7 Å². The SMILES string of the molecule is C[C@H]1NC(=O)c2csc(n2)[C@@H](C)NC(=O)[C@H]([C@@H](C)O)NC(=O)[C@H](Cc2ccccc2)NC(=O)c2csc1n2. The maximum atomic E-state index is 13.4. The van der Waals surface area contributed by atoms with Gasteiger partial charge in [0.2, 0.25) is 11.8 Å². The normalized spacial score (nSPS) is 23.8. The fourth-order valence-corrected chi connectivity index (χ4v) is 5.44. The number of hydrogen-bond acceptors (Lipinski definition) is 9. The van der Waals surface area contributed by atoms with Crippen LogP contribution in [0.4, 0.5) is 0 Å². The number of benzene rings is 1. The molecule has 0 saturated heterocycles. The summed E-state index contributed by atoms with van der Waals surface area (Å²) in [5.41, 5.74) is 1.06. The molecule has 3 aromatic rings. The van der Waals surface area contributed by atoms with E-state index >= 15 is 0 Å². The molecule has 200 valence electrons. The minimum absolute atomic E-state index is 0.0904. The lowest BCUT2D eigenvalue weighted by molar-refractivity contribution is -0.132. The Labute approximate surface area is 227 Å². The second-order valence-corrected chi connectivity index (χ2v) is 10.8. The van der Waals surface area contributed by atoms with Crippen molar-refractivity contribution in [2.24, 2.45) is 0 Å². The van der Waals surface area contributed by atoms with Gasteiger partial charge in [-0.3, -0.25) is 19.2 Å². The van der Waals surface area contributed by atoms with Crippen molar-refractivity contribution in [3.63, 3.8) is 0 Å². The molecule has 1 aromatic carbocycles. The predicted octanol–water partition coefficient (Wildman–Crippen LogP) is 1.49. The highest BCUT2D eigenvalue weighted by Gasteiger charge is 2.32. The van der Waals surface area contributed by atoms with Crippen molar-refractivity contribution >= 4 is 46.3 Å². The van der Waals surface area contributed by atoms with E-state index in [1.165, 1.54) is 29.6 Å². The van der Waals surface area contributed by atoms with E-state index in [0.29, 0.717) is 10.0 Å². The van der Waals surface area contributed by atoms with Crippen molar-refractivity contribution in [1.29, 1.82) is 0 Å². The maximum absolute atomic E-state index is 13.4. The molecular formula is C25H28N6O5S2. The zero-order valence-electron chi connectivity index (χ0n) is 20.9. The van der Waals surface area contributed by atoms with Crippen LogP contribution in [0.15, 0.2) is 41.1 Å². The van der Waals surface area contributed by atoms with Gasteiger partial charge < -0.3 is 26.4 Å². The number of amides is 4. The van der Waals surface area contributed by atoms with Crippen LogP contribution in [0.5, 0.6) is 0 Å². The highest BCUT2D eigenvalue weighted by atomic mass is 32.1. The van der Waals surface area contributed by atoms with Crippen LogP contribution in [0.2, 0.25) is 0 Å². The van der Waals surface area contributed by atoms with Gasteiger partial charge in [0.25, 0.3) is 11.8 Å². The molecule has 5 N–H and O–H groups in total. The Bertz CT molecular complexity index is 1320. The first-order valence-electron chi connectivity index (χ1n) is 12.0. The molecule has 0 radical (unpaired) electrons. The largest absolute Gasteiger partial charge is 0.391 e. The summed E-state index contributed by atoms with van der Waals surface area (Å²) in [7, 11) is 0. The molecule has 4 bridgehead atoms. The number of carbonyl (C=O) groups is 4. The minimum atomic E-state index is -1.30. The Kier molecular flexibility index (Phi) is 8.49. The molecule has 0 saturated carbocycles. The van der Waals surface area contributed by atoms with E-state index in [0.717, 1.165) is 5.56 Å². The van der Waals surface area contributed by atoms with E-state index in [9.17, 15) is 24.3 Å². The van der Waals surface area contributed by atoms with Crippen LogP contribution in [0.3, 0.4) is 0 Å². The van der Waals surface area contributed by atoms with Gasteiger partial charge in [0.05, 0.1) is 18.2 Å². The summed E-state index contributed by atoms with van der Waals surface area (Å²) >= 11 is 2.41. The Morgan fingerprint density at radius 1 is 0.816 bits per heavy atom. The number of fused-ring (bicyclic) bond motifs is 4. The number of nitrogens with one attached hydrogen (secondary N) is 4. The van der Waals surface area contributed by atoms with Crippen molar-refractivity contribution in [2.45, 2.75) is 57.5 Å². The van der Waals surface area contributed by atoms with E-state index in [-0.39, 0.29) is 17.8 Å². The number of aliphatic hydroxyl groups is 1. The van der Waals surface area contributed by atoms with Crippen molar-refractivity contribution in [3.05, 3.63) is 68.1 Å². The Hall–Kier alpha value is -3.68. The standard InChI is InChI=1S/C25H28N6O5S2/c1-12-24-30-18(11-38-24)22(35)28-16(9-15-7-5-4-6-8-15)20(33)31-19(14(3)32)23(36)27-13(2)25-29-17(10-37-25)21(34)26-12/h4-8,10-14,16,19,32H,9H2,1-3H3,(H,26,34)(H,27,36)(H,28,35)(H,31,33)/t12-,13-,14-,16+,19+/m1/s1. The molecule has 0 fully saturated rings. The molecule has 1 aliphatic rings. The first-order chi connectivity index (χ1) is 18.1. The second kappa shape index (κ2) is 11.8. The summed E-state index contributed by atoms with van der Waals surface area (Å²) in [6, 6.07) is 5.66. The Balaban J connectivity index is 1.68. The molecule has 2 aromatic heterocycles. The van der Waals surface area contributed by atoms with Crippen LogP contribution in [-0.4, -0.2) is 56.9 Å². The minimum Gasteiger partial charge on any atom is -0.391 e. The molecular weight excluding hydrogens is 528 g/mol. The van der Waals surface area contributed by atoms with E-state index in [1.54, 1.807) is 24.6 Å². The third kappa shape index (κ3) is 6.41. The summed E-state index contributed by atoms with van der Waals surface area (Å²) in [5, 5.41) is 25.3. The van der Waals surface area contributed by atoms with Crippen molar-refractivity contribution < 1.29 is 24.3 Å². The molecule has 4 rings (SSSR count). The number of rotatable bonds is 3. The van der Waals surface area contributed by atoms with Crippen molar-refractivity contribution in [2.75, 3.05) is 0 Å². The molecule has 11 nitrogen and oxygen atoms in total. The Morgan fingerprint density at radius 2 is 1.37 bits per heavy atom. The first-order valence-corrected chi connectivity index (χ1v) is 13.7. The fraction of sp³-hybridized carbons (Fsp3) is 0.360. The van der Waals surface area contributed by atoms with Gasteiger partial charge >= 0.3 is 0 Å². The maximum Gasteiger partial charge on any atom is 0.271 e. The lowest BCUT2D eigenvalue weighted by atomic mass is 10.0. The summed E-state index contributed by atoms with van der Waals surface area (Å²) in [5.74, 6) is -2.27. The zero-order chi connectivity index (χ0) is 27.4. The van der Waals surface area contributed by atoms with Crippen molar-refractivity contribution in [3.8, 4) is 0 Å².